The van der Waals surface area contributed by atoms with E-state index in [4.69, 9.17) is 5.11 Å². The molecule has 0 aromatic heterocycles. The highest BCUT2D eigenvalue weighted by molar-refractivity contribution is 9.10. The Kier molecular flexibility index (Phi) is 5.20. The molecule has 5 heteroatoms. The van der Waals surface area contributed by atoms with Crippen molar-refractivity contribution in [2.45, 2.75) is 0 Å². The van der Waals surface area contributed by atoms with Gasteiger partial charge in [0.2, 0.25) is 0 Å². The average molecular weight is 371 g/mol. The van der Waals surface area contributed by atoms with Crippen molar-refractivity contribution in [2.24, 2.45) is 0 Å². The summed E-state index contributed by atoms with van der Waals surface area (Å²) in [5.41, 5.74) is 3.30. The number of carboxylic acid groups (broad SMARTS) is 1. The molecule has 0 aliphatic heterocycles. The highest BCUT2D eigenvalue weighted by atomic mass is 79.9. The van der Waals surface area contributed by atoms with Gasteiger partial charge in [-0.3, -0.25) is 0 Å². The number of benzene rings is 2. The van der Waals surface area contributed by atoms with Crippen molar-refractivity contribution >= 4 is 39.2 Å². The first-order valence-corrected chi connectivity index (χ1v) is 7.64. The van der Waals surface area contributed by atoms with Crippen LogP contribution in [-0.4, -0.2) is 25.2 Å². The number of rotatable bonds is 4. The van der Waals surface area contributed by atoms with Crippen LogP contribution in [-0.2, 0) is 0 Å². The summed E-state index contributed by atoms with van der Waals surface area (Å²) < 4.78 is 0.940. The first kappa shape index (κ1) is 16.8. The minimum absolute atomic E-state index is 0.198. The van der Waals surface area contributed by atoms with Crippen LogP contribution in [0.5, 0.6) is 0 Å². The van der Waals surface area contributed by atoms with Gasteiger partial charge in [-0.25, -0.2) is 4.79 Å². The fourth-order valence-corrected chi connectivity index (χ4v) is 2.87. The summed E-state index contributed by atoms with van der Waals surface area (Å²) in [6, 6.07) is 14.3. The molecular weight excluding hydrogens is 356 g/mol. The van der Waals surface area contributed by atoms with Crippen LogP contribution in [0.25, 0.3) is 11.6 Å². The SMILES string of the molecule is CN(C)c1ccc(/C=C(\C#N)c2ccc(C(=O)O)cc2)cc1Br. The first-order valence-electron chi connectivity index (χ1n) is 6.85. The summed E-state index contributed by atoms with van der Waals surface area (Å²) in [5, 5.41) is 18.3. The summed E-state index contributed by atoms with van der Waals surface area (Å²) in [5.74, 6) is -0.984. The normalized spacial score (nSPS) is 11.0. The fraction of sp³-hybridized carbons (Fsp3) is 0.111. The van der Waals surface area contributed by atoms with E-state index < -0.39 is 5.97 Å². The molecule has 0 unspecified atom stereocenters. The van der Waals surface area contributed by atoms with Gasteiger partial charge in [-0.15, -0.1) is 0 Å². The molecule has 2 rings (SSSR count). The van der Waals surface area contributed by atoms with Crippen LogP contribution in [0.3, 0.4) is 0 Å². The molecule has 0 amide bonds. The molecule has 23 heavy (non-hydrogen) atoms. The van der Waals surface area contributed by atoms with Gasteiger partial charge in [-0.05, 0) is 57.4 Å². The van der Waals surface area contributed by atoms with E-state index in [1.54, 1.807) is 18.2 Å². The number of hydrogen-bond acceptors (Lipinski definition) is 3. The van der Waals surface area contributed by atoms with Crippen LogP contribution in [0.2, 0.25) is 0 Å². The Bertz CT molecular complexity index is 803. The van der Waals surface area contributed by atoms with Crippen LogP contribution < -0.4 is 4.90 Å². The van der Waals surface area contributed by atoms with Crippen LogP contribution in [0.15, 0.2) is 46.9 Å². The molecule has 2 aromatic rings. The fourth-order valence-electron chi connectivity index (χ4n) is 2.11. The average Bonchev–Trinajstić information content (AvgIpc) is 2.52. The van der Waals surface area contributed by atoms with Gasteiger partial charge in [0.1, 0.15) is 0 Å². The molecule has 0 radical (unpaired) electrons. The Balaban J connectivity index is 2.37. The highest BCUT2D eigenvalue weighted by Crippen LogP contribution is 2.27. The lowest BCUT2D eigenvalue weighted by atomic mass is 10.0. The number of aromatic carboxylic acids is 1. The van der Waals surface area contributed by atoms with E-state index in [0.29, 0.717) is 11.1 Å². The zero-order valence-electron chi connectivity index (χ0n) is 12.7. The molecule has 0 heterocycles. The second kappa shape index (κ2) is 7.12. The molecule has 0 saturated carbocycles. The standard InChI is InChI=1S/C18H15BrN2O2/c1-21(2)17-8-3-12(10-16(17)19)9-15(11-20)13-4-6-14(7-5-13)18(22)23/h3-10H,1-2H3,(H,22,23)/b15-9+. The minimum Gasteiger partial charge on any atom is -0.478 e. The van der Waals surface area contributed by atoms with Crippen LogP contribution in [0.4, 0.5) is 5.69 Å². The second-order valence-corrected chi connectivity index (χ2v) is 6.01. The zero-order valence-corrected chi connectivity index (χ0v) is 14.3. The van der Waals surface area contributed by atoms with Crippen LogP contribution in [0, 0.1) is 11.3 Å². The number of carboxylic acids is 1. The van der Waals surface area contributed by atoms with Crippen molar-refractivity contribution in [2.75, 3.05) is 19.0 Å². The van der Waals surface area contributed by atoms with Crippen LogP contribution >= 0.6 is 15.9 Å². The third-order valence-corrected chi connectivity index (χ3v) is 3.96. The Morgan fingerprint density at radius 1 is 1.17 bits per heavy atom. The quantitative estimate of drug-likeness (QED) is 0.644. The van der Waals surface area contributed by atoms with E-state index in [1.165, 1.54) is 12.1 Å². The Morgan fingerprint density at radius 2 is 1.78 bits per heavy atom. The van der Waals surface area contributed by atoms with E-state index in [-0.39, 0.29) is 5.56 Å². The van der Waals surface area contributed by atoms with E-state index in [2.05, 4.69) is 22.0 Å². The summed E-state index contributed by atoms with van der Waals surface area (Å²) in [7, 11) is 3.92. The molecule has 1 N–H and O–H groups in total. The van der Waals surface area contributed by atoms with Crippen molar-refractivity contribution in [3.05, 3.63) is 63.6 Å². The molecule has 0 aliphatic rings. The summed E-state index contributed by atoms with van der Waals surface area (Å²) >= 11 is 3.52. The lowest BCUT2D eigenvalue weighted by Gasteiger charge is -2.14. The molecule has 0 aliphatic carbocycles. The predicted molar refractivity (Wildman–Crippen MR) is 95.4 cm³/mol. The van der Waals surface area contributed by atoms with Gasteiger partial charge < -0.3 is 10.0 Å². The molecule has 4 nitrogen and oxygen atoms in total. The molecule has 0 atom stereocenters. The van der Waals surface area contributed by atoms with E-state index in [9.17, 15) is 10.1 Å². The summed E-state index contributed by atoms with van der Waals surface area (Å²) in [4.78, 5) is 12.9. The Morgan fingerprint density at radius 3 is 2.26 bits per heavy atom. The first-order chi connectivity index (χ1) is 10.9. The molecule has 0 bridgehead atoms. The Hall–Kier alpha value is -2.58. The van der Waals surface area contributed by atoms with Crippen molar-refractivity contribution in [3.63, 3.8) is 0 Å². The van der Waals surface area contributed by atoms with Gasteiger partial charge in [0.15, 0.2) is 0 Å². The van der Waals surface area contributed by atoms with E-state index in [0.717, 1.165) is 15.7 Å². The smallest absolute Gasteiger partial charge is 0.335 e. The number of nitrogens with zero attached hydrogens (tertiary/aromatic N) is 2. The number of allylic oxidation sites excluding steroid dienone is 1. The van der Waals surface area contributed by atoms with Gasteiger partial charge >= 0.3 is 5.97 Å². The number of anilines is 1. The molecule has 0 spiro atoms. The van der Waals surface area contributed by atoms with Crippen LogP contribution in [0.1, 0.15) is 21.5 Å². The minimum atomic E-state index is -0.984. The predicted octanol–water partition coefficient (Wildman–Crippen LogP) is 4.28. The third kappa shape index (κ3) is 3.99. The largest absolute Gasteiger partial charge is 0.478 e. The zero-order chi connectivity index (χ0) is 17.0. The van der Waals surface area contributed by atoms with Gasteiger partial charge in [-0.1, -0.05) is 18.2 Å². The second-order valence-electron chi connectivity index (χ2n) is 5.16. The molecule has 2 aromatic carbocycles. The molecular formula is C18H15BrN2O2. The molecule has 0 fully saturated rings. The van der Waals surface area contributed by atoms with Gasteiger partial charge in [0.25, 0.3) is 0 Å². The maximum Gasteiger partial charge on any atom is 0.335 e. The number of hydrogen-bond donors (Lipinski definition) is 1. The lowest BCUT2D eigenvalue weighted by molar-refractivity contribution is 0.0697. The van der Waals surface area contributed by atoms with Gasteiger partial charge in [-0.2, -0.15) is 5.26 Å². The van der Waals surface area contributed by atoms with Crippen molar-refractivity contribution in [1.82, 2.24) is 0 Å². The summed E-state index contributed by atoms with van der Waals surface area (Å²) in [6.45, 7) is 0. The molecule has 116 valence electrons. The number of carbonyl (C=O) groups is 1. The van der Waals surface area contributed by atoms with Gasteiger partial charge in [0, 0.05) is 18.6 Å². The Labute approximate surface area is 143 Å². The highest BCUT2D eigenvalue weighted by Gasteiger charge is 2.07. The lowest BCUT2D eigenvalue weighted by Crippen LogP contribution is -2.09. The number of nitriles is 1. The third-order valence-electron chi connectivity index (χ3n) is 3.33. The maximum atomic E-state index is 10.9. The number of halogens is 1. The van der Waals surface area contributed by atoms with Crippen molar-refractivity contribution in [1.29, 1.82) is 5.26 Å². The van der Waals surface area contributed by atoms with Crippen molar-refractivity contribution in [3.8, 4) is 6.07 Å². The van der Waals surface area contributed by atoms with E-state index >= 15 is 0 Å². The summed E-state index contributed by atoms with van der Waals surface area (Å²) in [6.07, 6.45) is 1.78. The van der Waals surface area contributed by atoms with Crippen molar-refractivity contribution < 1.29 is 9.90 Å². The van der Waals surface area contributed by atoms with E-state index in [1.807, 2.05) is 37.2 Å². The monoisotopic (exact) mass is 370 g/mol. The van der Waals surface area contributed by atoms with Gasteiger partial charge in [0.05, 0.1) is 22.9 Å². The topological polar surface area (TPSA) is 64.3 Å². The molecule has 0 saturated heterocycles. The maximum absolute atomic E-state index is 10.9.